The quantitative estimate of drug-likeness (QED) is 0.580. The first kappa shape index (κ1) is 15.8. The number of hydrogen-bond acceptors (Lipinski definition) is 6. The summed E-state index contributed by atoms with van der Waals surface area (Å²) in [5.41, 5.74) is 6.27. The van der Waals surface area contributed by atoms with Crippen LogP contribution in [0.4, 0.5) is 5.69 Å². The molecular formula is C12H17ClN4OS2. The van der Waals surface area contributed by atoms with Gasteiger partial charge in [-0.05, 0) is 25.2 Å². The van der Waals surface area contributed by atoms with Gasteiger partial charge in [-0.1, -0.05) is 17.7 Å². The van der Waals surface area contributed by atoms with Crippen molar-refractivity contribution < 1.29 is 4.79 Å². The molecule has 1 fully saturated rings. The van der Waals surface area contributed by atoms with Crippen LogP contribution in [-0.2, 0) is 4.79 Å². The maximum absolute atomic E-state index is 11.9. The van der Waals surface area contributed by atoms with Gasteiger partial charge in [0.2, 0.25) is 0 Å². The van der Waals surface area contributed by atoms with Crippen LogP contribution in [0.2, 0.25) is 5.02 Å². The van der Waals surface area contributed by atoms with Crippen molar-refractivity contribution in [1.29, 1.82) is 0 Å². The van der Waals surface area contributed by atoms with E-state index in [2.05, 4.69) is 28.4 Å². The van der Waals surface area contributed by atoms with Gasteiger partial charge in [-0.15, -0.1) is 24.4 Å². The molecule has 1 saturated heterocycles. The van der Waals surface area contributed by atoms with Crippen LogP contribution >= 0.6 is 36.0 Å². The number of thiol groups is 1. The lowest BCUT2D eigenvalue weighted by atomic mass is 10.3. The molecule has 5 nitrogen and oxygen atoms in total. The lowest BCUT2D eigenvalue weighted by Gasteiger charge is -2.36. The SMILES string of the molecule is CN1CN(CC(=O)NNc2cccc(Cl)c2)CSC1S. The molecule has 2 N–H and O–H groups in total. The van der Waals surface area contributed by atoms with Gasteiger partial charge < -0.3 is 0 Å². The number of hydrogen-bond donors (Lipinski definition) is 3. The van der Waals surface area contributed by atoms with Gasteiger partial charge in [0.25, 0.3) is 5.91 Å². The standard InChI is InChI=1S/C12H17ClN4OS2/c1-16-7-17(8-20-12(16)19)6-11(18)15-14-10-4-2-3-9(13)5-10/h2-5,12,14,19H,6-8H2,1H3,(H,15,18). The molecule has 1 heterocycles. The molecule has 0 saturated carbocycles. The molecule has 0 spiro atoms. The minimum absolute atomic E-state index is 0.0865. The summed E-state index contributed by atoms with van der Waals surface area (Å²) in [6.45, 7) is 1.07. The Kier molecular flexibility index (Phi) is 5.86. The molecule has 110 valence electrons. The zero-order chi connectivity index (χ0) is 14.5. The molecule has 1 unspecified atom stereocenters. The first-order chi connectivity index (χ1) is 9.54. The number of thioether (sulfide) groups is 1. The fraction of sp³-hybridized carbons (Fsp3) is 0.417. The molecule has 0 aliphatic carbocycles. The molecule has 20 heavy (non-hydrogen) atoms. The van der Waals surface area contributed by atoms with Crippen molar-refractivity contribution in [2.24, 2.45) is 0 Å². The van der Waals surface area contributed by atoms with Crippen LogP contribution in [0.5, 0.6) is 0 Å². The number of halogens is 1. The topological polar surface area (TPSA) is 47.6 Å². The normalized spacial score (nSPS) is 20.6. The number of hydrazine groups is 1. The second-order valence-electron chi connectivity index (χ2n) is 4.53. The summed E-state index contributed by atoms with van der Waals surface area (Å²) in [5.74, 6) is 0.708. The van der Waals surface area contributed by atoms with Gasteiger partial charge in [-0.2, -0.15) is 0 Å². The van der Waals surface area contributed by atoms with Crippen LogP contribution in [-0.4, -0.2) is 46.6 Å². The number of anilines is 1. The van der Waals surface area contributed by atoms with Crippen molar-refractivity contribution in [3.8, 4) is 0 Å². The van der Waals surface area contributed by atoms with E-state index in [4.69, 9.17) is 11.6 Å². The van der Waals surface area contributed by atoms with E-state index in [9.17, 15) is 4.79 Å². The van der Waals surface area contributed by atoms with Gasteiger partial charge in [0, 0.05) is 10.9 Å². The maximum atomic E-state index is 11.9. The number of amides is 1. The van der Waals surface area contributed by atoms with Crippen molar-refractivity contribution in [3.05, 3.63) is 29.3 Å². The van der Waals surface area contributed by atoms with Gasteiger partial charge in [0.15, 0.2) is 0 Å². The van der Waals surface area contributed by atoms with Crippen LogP contribution in [0.1, 0.15) is 0 Å². The number of rotatable bonds is 4. The largest absolute Gasteiger partial charge is 0.299 e. The Balaban J connectivity index is 1.75. The summed E-state index contributed by atoms with van der Waals surface area (Å²) in [6.07, 6.45) is 0. The average Bonchev–Trinajstić information content (AvgIpc) is 2.41. The van der Waals surface area contributed by atoms with Crippen LogP contribution in [0.25, 0.3) is 0 Å². The smallest absolute Gasteiger partial charge is 0.252 e. The first-order valence-electron chi connectivity index (χ1n) is 6.07. The summed E-state index contributed by atoms with van der Waals surface area (Å²) < 4.78 is 0.193. The predicted molar refractivity (Wildman–Crippen MR) is 87.8 cm³/mol. The molecule has 8 heteroatoms. The molecule has 1 atom stereocenters. The zero-order valence-corrected chi connectivity index (χ0v) is 13.5. The van der Waals surface area contributed by atoms with Crippen LogP contribution in [0.3, 0.4) is 0 Å². The zero-order valence-electron chi connectivity index (χ0n) is 11.0. The van der Waals surface area contributed by atoms with E-state index in [1.807, 2.05) is 24.1 Å². The molecule has 1 aromatic rings. The Morgan fingerprint density at radius 1 is 1.60 bits per heavy atom. The molecule has 0 aromatic heterocycles. The fourth-order valence-corrected chi connectivity index (χ4v) is 3.07. The van der Waals surface area contributed by atoms with E-state index >= 15 is 0 Å². The van der Waals surface area contributed by atoms with E-state index in [-0.39, 0.29) is 10.6 Å². The Labute approximate surface area is 133 Å². The van der Waals surface area contributed by atoms with E-state index in [0.717, 1.165) is 18.2 Å². The van der Waals surface area contributed by atoms with Crippen molar-refractivity contribution in [1.82, 2.24) is 15.2 Å². The molecule has 1 amide bonds. The summed E-state index contributed by atoms with van der Waals surface area (Å²) in [5, 5.41) is 0.623. The summed E-state index contributed by atoms with van der Waals surface area (Å²) in [7, 11) is 1.99. The lowest BCUT2D eigenvalue weighted by molar-refractivity contribution is -0.122. The highest BCUT2D eigenvalue weighted by atomic mass is 35.5. The van der Waals surface area contributed by atoms with Crippen LogP contribution in [0.15, 0.2) is 24.3 Å². The summed E-state index contributed by atoms with van der Waals surface area (Å²) >= 11 is 12.0. The van der Waals surface area contributed by atoms with Gasteiger partial charge in [0.05, 0.1) is 18.9 Å². The summed E-state index contributed by atoms with van der Waals surface area (Å²) in [4.78, 5) is 16.0. The van der Waals surface area contributed by atoms with E-state index in [1.54, 1.807) is 23.9 Å². The van der Waals surface area contributed by atoms with Crippen molar-refractivity contribution in [2.45, 2.75) is 4.71 Å². The van der Waals surface area contributed by atoms with Crippen molar-refractivity contribution in [3.63, 3.8) is 0 Å². The third kappa shape index (κ3) is 4.75. The van der Waals surface area contributed by atoms with Crippen LogP contribution < -0.4 is 10.9 Å². The molecular weight excluding hydrogens is 316 g/mol. The minimum atomic E-state index is -0.0865. The monoisotopic (exact) mass is 332 g/mol. The molecule has 0 radical (unpaired) electrons. The molecule has 2 rings (SSSR count). The highest BCUT2D eigenvalue weighted by molar-refractivity contribution is 8.10. The second kappa shape index (κ2) is 7.42. The van der Waals surface area contributed by atoms with Gasteiger partial charge >= 0.3 is 0 Å². The van der Waals surface area contributed by atoms with Crippen molar-refractivity contribution >= 4 is 47.6 Å². The average molecular weight is 333 g/mol. The number of nitrogens with one attached hydrogen (secondary N) is 2. The lowest BCUT2D eigenvalue weighted by Crippen LogP contribution is -2.48. The van der Waals surface area contributed by atoms with Gasteiger partial charge in [-0.3, -0.25) is 25.4 Å². The Hall–Kier alpha value is -0.600. The predicted octanol–water partition coefficient (Wildman–Crippen LogP) is 1.89. The van der Waals surface area contributed by atoms with Crippen molar-refractivity contribution in [2.75, 3.05) is 31.6 Å². The Morgan fingerprint density at radius 2 is 2.40 bits per heavy atom. The maximum Gasteiger partial charge on any atom is 0.252 e. The number of carbonyl (C=O) groups excluding carboxylic acids is 1. The van der Waals surface area contributed by atoms with Crippen LogP contribution in [0, 0.1) is 0 Å². The highest BCUT2D eigenvalue weighted by Crippen LogP contribution is 2.24. The van der Waals surface area contributed by atoms with E-state index in [1.165, 1.54) is 0 Å². The highest BCUT2D eigenvalue weighted by Gasteiger charge is 2.22. The van der Waals surface area contributed by atoms with Gasteiger partial charge in [-0.25, -0.2) is 0 Å². The molecule has 0 bridgehead atoms. The number of benzene rings is 1. The minimum Gasteiger partial charge on any atom is -0.299 e. The summed E-state index contributed by atoms with van der Waals surface area (Å²) in [6, 6.07) is 7.18. The fourth-order valence-electron chi connectivity index (χ4n) is 1.77. The third-order valence-corrected chi connectivity index (χ3v) is 4.99. The second-order valence-corrected chi connectivity index (χ2v) is 6.85. The first-order valence-corrected chi connectivity index (χ1v) is 8.01. The number of nitrogens with zero attached hydrogens (tertiary/aromatic N) is 2. The van der Waals surface area contributed by atoms with E-state index < -0.39 is 0 Å². The molecule has 1 aliphatic heterocycles. The molecule has 1 aromatic carbocycles. The van der Waals surface area contributed by atoms with E-state index in [0.29, 0.717) is 11.6 Å². The van der Waals surface area contributed by atoms with Gasteiger partial charge in [0.1, 0.15) is 4.71 Å². The third-order valence-electron chi connectivity index (χ3n) is 2.74. The Bertz CT molecular complexity index is 477. The molecule has 1 aliphatic rings. The Morgan fingerprint density at radius 3 is 3.10 bits per heavy atom. The number of carbonyl (C=O) groups is 1.